The topological polar surface area (TPSA) is 88.2 Å². The highest BCUT2D eigenvalue weighted by molar-refractivity contribution is 5.99. The van der Waals surface area contributed by atoms with E-state index in [0.29, 0.717) is 5.71 Å². The summed E-state index contributed by atoms with van der Waals surface area (Å²) in [6.45, 7) is 7.25. The molecule has 1 rings (SSSR count). The van der Waals surface area contributed by atoms with Gasteiger partial charge < -0.3 is 21.2 Å². The summed E-state index contributed by atoms with van der Waals surface area (Å²) in [4.78, 5) is 11.8. The molecule has 4 N–H and O–H groups in total. The average molecular weight is 267 g/mol. The third kappa shape index (κ3) is 5.03. The van der Waals surface area contributed by atoms with E-state index >= 15 is 0 Å². The molecule has 1 aliphatic carbocycles. The fraction of sp³-hybridized carbons (Fsp3) is 0.714. The van der Waals surface area contributed by atoms with Crippen LogP contribution in [0.1, 0.15) is 47.0 Å². The Kier molecular flexibility index (Phi) is 5.11. The monoisotopic (exact) mass is 267 g/mol. The van der Waals surface area contributed by atoms with Crippen molar-refractivity contribution in [2.75, 3.05) is 0 Å². The number of carbonyl (C=O) groups is 1. The molecular formula is C14H25N3O2. The van der Waals surface area contributed by atoms with Crippen molar-refractivity contribution in [1.82, 2.24) is 5.32 Å². The lowest BCUT2D eigenvalue weighted by Gasteiger charge is -2.25. The van der Waals surface area contributed by atoms with Gasteiger partial charge in [-0.3, -0.25) is 0 Å². The molecular weight excluding hydrogens is 242 g/mol. The van der Waals surface area contributed by atoms with Crippen molar-refractivity contribution >= 4 is 11.7 Å². The van der Waals surface area contributed by atoms with Crippen molar-refractivity contribution in [2.24, 2.45) is 5.73 Å². The maximum Gasteiger partial charge on any atom is 0.328 e. The Balaban J connectivity index is 2.59. The standard InChI is InChI=1S/C14H25N3O2/c1-9(13(18)19-14(2,3)4)17-8-10-11(15)6-5-7-12(10)16/h8-9,11,16-17H,5-7,15H2,1-4H3/b10-8-,16-12?. The molecule has 0 saturated heterocycles. The van der Waals surface area contributed by atoms with Crippen molar-refractivity contribution in [1.29, 1.82) is 5.41 Å². The minimum Gasteiger partial charge on any atom is -0.458 e. The molecule has 2 atom stereocenters. The van der Waals surface area contributed by atoms with E-state index in [1.807, 2.05) is 20.8 Å². The summed E-state index contributed by atoms with van der Waals surface area (Å²) in [5.74, 6) is -0.305. The van der Waals surface area contributed by atoms with Gasteiger partial charge in [-0.15, -0.1) is 0 Å². The average Bonchev–Trinajstić information content (AvgIpc) is 2.25. The minimum absolute atomic E-state index is 0.111. The summed E-state index contributed by atoms with van der Waals surface area (Å²) in [6, 6.07) is -0.562. The maximum absolute atomic E-state index is 11.8. The van der Waals surface area contributed by atoms with E-state index in [4.69, 9.17) is 15.9 Å². The third-order valence-electron chi connectivity index (χ3n) is 2.94. The first-order valence-electron chi connectivity index (χ1n) is 6.73. The van der Waals surface area contributed by atoms with Crippen LogP contribution in [0, 0.1) is 5.41 Å². The first kappa shape index (κ1) is 15.7. The Labute approximate surface area is 115 Å². The number of hydrogen-bond donors (Lipinski definition) is 3. The zero-order chi connectivity index (χ0) is 14.6. The second kappa shape index (κ2) is 6.19. The number of esters is 1. The summed E-state index contributed by atoms with van der Waals surface area (Å²) in [5, 5.41) is 10.8. The molecule has 0 heterocycles. The van der Waals surface area contributed by atoms with Crippen LogP contribution >= 0.6 is 0 Å². The molecule has 0 spiro atoms. The number of rotatable bonds is 3. The molecule has 0 aromatic rings. The van der Waals surface area contributed by atoms with Gasteiger partial charge in [0.1, 0.15) is 11.6 Å². The highest BCUT2D eigenvalue weighted by atomic mass is 16.6. The number of hydrogen-bond acceptors (Lipinski definition) is 5. The zero-order valence-corrected chi connectivity index (χ0v) is 12.2. The van der Waals surface area contributed by atoms with Crippen LogP contribution in [-0.4, -0.2) is 29.4 Å². The van der Waals surface area contributed by atoms with E-state index < -0.39 is 11.6 Å². The Bertz CT molecular complexity index is 383. The van der Waals surface area contributed by atoms with Crippen LogP contribution in [0.3, 0.4) is 0 Å². The molecule has 19 heavy (non-hydrogen) atoms. The second-order valence-corrected chi connectivity index (χ2v) is 6.00. The van der Waals surface area contributed by atoms with E-state index in [2.05, 4.69) is 5.32 Å². The molecule has 5 heteroatoms. The van der Waals surface area contributed by atoms with Gasteiger partial charge >= 0.3 is 5.97 Å². The number of nitrogens with two attached hydrogens (primary N) is 1. The summed E-state index contributed by atoms with van der Waals surface area (Å²) in [6.07, 6.45) is 4.29. The van der Waals surface area contributed by atoms with Gasteiger partial charge in [0.2, 0.25) is 0 Å². The smallest absolute Gasteiger partial charge is 0.328 e. The highest BCUT2D eigenvalue weighted by Gasteiger charge is 2.23. The number of carbonyl (C=O) groups excluding carboxylic acids is 1. The SMILES string of the molecule is CC(N/C=C1\C(=N)CCCC1N)C(=O)OC(C)(C)C. The Morgan fingerprint density at radius 3 is 2.74 bits per heavy atom. The fourth-order valence-electron chi connectivity index (χ4n) is 1.89. The predicted octanol–water partition coefficient (Wildman–Crippen LogP) is 1.72. The van der Waals surface area contributed by atoms with E-state index in [-0.39, 0.29) is 12.0 Å². The molecule has 0 aliphatic heterocycles. The van der Waals surface area contributed by atoms with Crippen LogP contribution in [0.5, 0.6) is 0 Å². The summed E-state index contributed by atoms with van der Waals surface area (Å²) in [7, 11) is 0. The number of nitrogens with one attached hydrogen (secondary N) is 2. The predicted molar refractivity (Wildman–Crippen MR) is 76.1 cm³/mol. The summed E-state index contributed by atoms with van der Waals surface area (Å²) in [5.41, 5.74) is 6.83. The van der Waals surface area contributed by atoms with Gasteiger partial charge in [0.05, 0.1) is 0 Å². The van der Waals surface area contributed by atoms with E-state index in [9.17, 15) is 4.79 Å². The molecule has 1 fully saturated rings. The first-order chi connectivity index (χ1) is 8.70. The van der Waals surface area contributed by atoms with Crippen LogP contribution in [0.2, 0.25) is 0 Å². The largest absolute Gasteiger partial charge is 0.458 e. The molecule has 1 saturated carbocycles. The molecule has 0 radical (unpaired) electrons. The van der Waals surface area contributed by atoms with E-state index in [1.54, 1.807) is 13.1 Å². The molecule has 1 aliphatic rings. The van der Waals surface area contributed by atoms with Crippen molar-refractivity contribution in [3.8, 4) is 0 Å². The van der Waals surface area contributed by atoms with Crippen molar-refractivity contribution in [3.05, 3.63) is 11.8 Å². The van der Waals surface area contributed by atoms with Gasteiger partial charge in [-0.05, 0) is 47.0 Å². The summed E-state index contributed by atoms with van der Waals surface area (Å²) >= 11 is 0. The van der Waals surface area contributed by atoms with Crippen molar-refractivity contribution in [2.45, 2.75) is 64.6 Å². The van der Waals surface area contributed by atoms with Crippen molar-refractivity contribution in [3.63, 3.8) is 0 Å². The van der Waals surface area contributed by atoms with Crippen LogP contribution in [-0.2, 0) is 9.53 Å². The molecule has 2 unspecified atom stereocenters. The lowest BCUT2D eigenvalue weighted by molar-refractivity contribution is -0.156. The Morgan fingerprint density at radius 1 is 1.58 bits per heavy atom. The van der Waals surface area contributed by atoms with Gasteiger partial charge in [0.25, 0.3) is 0 Å². The van der Waals surface area contributed by atoms with E-state index in [0.717, 1.165) is 24.8 Å². The Morgan fingerprint density at radius 2 is 2.21 bits per heavy atom. The van der Waals surface area contributed by atoms with Gasteiger partial charge in [0.15, 0.2) is 0 Å². The first-order valence-corrected chi connectivity index (χ1v) is 6.73. The highest BCUT2D eigenvalue weighted by Crippen LogP contribution is 2.18. The molecule has 108 valence electrons. The van der Waals surface area contributed by atoms with Crippen LogP contribution < -0.4 is 11.1 Å². The van der Waals surface area contributed by atoms with Crippen LogP contribution in [0.25, 0.3) is 0 Å². The molecule has 0 bridgehead atoms. The normalized spacial score (nSPS) is 24.2. The van der Waals surface area contributed by atoms with E-state index in [1.165, 1.54) is 0 Å². The zero-order valence-electron chi connectivity index (χ0n) is 12.2. The van der Waals surface area contributed by atoms with Gasteiger partial charge in [-0.2, -0.15) is 0 Å². The summed E-state index contributed by atoms with van der Waals surface area (Å²) < 4.78 is 5.28. The van der Waals surface area contributed by atoms with Crippen LogP contribution in [0.15, 0.2) is 11.8 Å². The minimum atomic E-state index is -0.492. The molecule has 5 nitrogen and oxygen atoms in total. The molecule has 0 amide bonds. The lowest BCUT2D eigenvalue weighted by Crippen LogP contribution is -2.39. The van der Waals surface area contributed by atoms with Gasteiger partial charge in [0, 0.05) is 23.5 Å². The van der Waals surface area contributed by atoms with Gasteiger partial charge in [-0.25, -0.2) is 4.79 Å². The van der Waals surface area contributed by atoms with Crippen LogP contribution in [0.4, 0.5) is 0 Å². The number of ether oxygens (including phenoxy) is 1. The molecule has 0 aromatic carbocycles. The van der Waals surface area contributed by atoms with Crippen molar-refractivity contribution < 1.29 is 9.53 Å². The molecule has 0 aromatic heterocycles. The lowest BCUT2D eigenvalue weighted by atomic mass is 9.89. The second-order valence-electron chi connectivity index (χ2n) is 6.00. The third-order valence-corrected chi connectivity index (χ3v) is 2.94. The quantitative estimate of drug-likeness (QED) is 0.679. The maximum atomic E-state index is 11.8. The fourth-order valence-corrected chi connectivity index (χ4v) is 1.89. The van der Waals surface area contributed by atoms with Gasteiger partial charge in [-0.1, -0.05) is 0 Å². The Hall–Kier alpha value is -1.36.